The summed E-state index contributed by atoms with van der Waals surface area (Å²) in [5.41, 5.74) is 4.93. The van der Waals surface area contributed by atoms with E-state index in [-0.39, 0.29) is 11.5 Å². The lowest BCUT2D eigenvalue weighted by atomic mass is 9.85. The number of carbonyl (C=O) groups is 2. The molecule has 1 aliphatic rings. The van der Waals surface area contributed by atoms with Gasteiger partial charge in [-0.2, -0.15) is 0 Å². The first-order chi connectivity index (χ1) is 16.5. The van der Waals surface area contributed by atoms with E-state index in [0.29, 0.717) is 22.6 Å². The Kier molecular flexibility index (Phi) is 5.47. The van der Waals surface area contributed by atoms with Crippen LogP contribution in [0.2, 0.25) is 0 Å². The maximum atomic E-state index is 12.4. The van der Waals surface area contributed by atoms with Crippen LogP contribution in [0, 0.1) is 0 Å². The summed E-state index contributed by atoms with van der Waals surface area (Å²) in [4.78, 5) is 24.8. The van der Waals surface area contributed by atoms with Gasteiger partial charge in [0.25, 0.3) is 0 Å². The molecule has 0 fully saturated rings. The first kappa shape index (κ1) is 21.3. The summed E-state index contributed by atoms with van der Waals surface area (Å²) in [5, 5.41) is 18.8. The second kappa shape index (κ2) is 8.75. The van der Waals surface area contributed by atoms with Gasteiger partial charge in [-0.1, -0.05) is 12.1 Å². The van der Waals surface area contributed by atoms with Crippen LogP contribution in [0.4, 0.5) is 0 Å². The maximum Gasteiger partial charge on any atom is 0.343 e. The van der Waals surface area contributed by atoms with Crippen LogP contribution in [0.3, 0.4) is 0 Å². The van der Waals surface area contributed by atoms with Crippen molar-refractivity contribution in [2.24, 2.45) is 0 Å². The number of aromatic hydroxyl groups is 2. The van der Waals surface area contributed by atoms with Crippen LogP contribution in [-0.4, -0.2) is 22.2 Å². The number of rotatable bonds is 4. The van der Waals surface area contributed by atoms with Crippen molar-refractivity contribution in [1.82, 2.24) is 0 Å². The monoisotopic (exact) mass is 452 g/mol. The van der Waals surface area contributed by atoms with Gasteiger partial charge in [0.05, 0.1) is 11.1 Å². The standard InChI is InChI=1S/C28H20O6/c29-21-7-3-17(4-8-21)27(31)33-23-11-13-25-19(15-23)1-2-20-16-24(12-14-26(20)25)34-28(32)18-5-9-22(30)10-6-18/h3-16,29-30H,1-2H2. The SMILES string of the molecule is O=C(Oc1ccc2c(c1)CCc1cc(OC(=O)c3ccc(O)cc3)ccc1-2)c1ccc(O)cc1. The number of hydrogen-bond donors (Lipinski definition) is 2. The smallest absolute Gasteiger partial charge is 0.343 e. The summed E-state index contributed by atoms with van der Waals surface area (Å²) in [6.07, 6.45) is 1.50. The molecule has 0 radical (unpaired) electrons. The minimum Gasteiger partial charge on any atom is -0.508 e. The molecule has 0 bridgehead atoms. The predicted molar refractivity (Wildman–Crippen MR) is 125 cm³/mol. The predicted octanol–water partition coefficient (Wildman–Crippen LogP) is 5.30. The molecule has 0 saturated carbocycles. The Hall–Kier alpha value is -4.58. The highest BCUT2D eigenvalue weighted by Crippen LogP contribution is 2.37. The van der Waals surface area contributed by atoms with E-state index in [1.54, 1.807) is 12.1 Å². The fraction of sp³-hybridized carbons (Fsp3) is 0.0714. The molecule has 0 saturated heterocycles. The Balaban J connectivity index is 1.33. The molecule has 0 atom stereocenters. The Morgan fingerprint density at radius 1 is 0.559 bits per heavy atom. The number of carbonyl (C=O) groups excluding carboxylic acids is 2. The Labute approximate surface area is 195 Å². The minimum atomic E-state index is -0.490. The zero-order valence-corrected chi connectivity index (χ0v) is 18.0. The Morgan fingerprint density at radius 3 is 1.32 bits per heavy atom. The molecule has 34 heavy (non-hydrogen) atoms. The molecule has 0 spiro atoms. The highest BCUT2D eigenvalue weighted by atomic mass is 16.5. The van der Waals surface area contributed by atoms with Gasteiger partial charge in [0, 0.05) is 0 Å². The molecule has 2 N–H and O–H groups in total. The van der Waals surface area contributed by atoms with E-state index in [0.717, 1.165) is 35.1 Å². The van der Waals surface area contributed by atoms with Crippen molar-refractivity contribution in [2.45, 2.75) is 12.8 Å². The minimum absolute atomic E-state index is 0.0854. The van der Waals surface area contributed by atoms with Crippen molar-refractivity contribution in [2.75, 3.05) is 0 Å². The lowest BCUT2D eigenvalue weighted by molar-refractivity contribution is 0.0725. The van der Waals surface area contributed by atoms with Crippen molar-refractivity contribution >= 4 is 11.9 Å². The molecule has 4 aromatic carbocycles. The van der Waals surface area contributed by atoms with Crippen LogP contribution in [-0.2, 0) is 12.8 Å². The molecule has 6 nitrogen and oxygen atoms in total. The van der Waals surface area contributed by atoms with Crippen LogP contribution in [0.25, 0.3) is 11.1 Å². The number of aryl methyl sites for hydroxylation is 2. The lowest BCUT2D eigenvalue weighted by Gasteiger charge is -2.21. The molecule has 168 valence electrons. The van der Waals surface area contributed by atoms with E-state index in [9.17, 15) is 19.8 Å². The molecule has 0 aliphatic heterocycles. The van der Waals surface area contributed by atoms with Gasteiger partial charge < -0.3 is 19.7 Å². The molecule has 0 heterocycles. The van der Waals surface area contributed by atoms with E-state index < -0.39 is 11.9 Å². The van der Waals surface area contributed by atoms with E-state index in [1.807, 2.05) is 24.3 Å². The fourth-order valence-corrected chi connectivity index (χ4v) is 4.00. The van der Waals surface area contributed by atoms with Gasteiger partial charge in [-0.3, -0.25) is 0 Å². The fourth-order valence-electron chi connectivity index (χ4n) is 4.00. The largest absolute Gasteiger partial charge is 0.508 e. The quantitative estimate of drug-likeness (QED) is 0.322. The summed E-state index contributed by atoms with van der Waals surface area (Å²) in [5.74, 6) is 0.108. The van der Waals surface area contributed by atoms with Crippen LogP contribution < -0.4 is 9.47 Å². The van der Waals surface area contributed by atoms with E-state index >= 15 is 0 Å². The lowest BCUT2D eigenvalue weighted by Crippen LogP contribution is -2.11. The normalized spacial score (nSPS) is 11.8. The topological polar surface area (TPSA) is 93.1 Å². The van der Waals surface area contributed by atoms with E-state index in [4.69, 9.17) is 9.47 Å². The van der Waals surface area contributed by atoms with Crippen molar-refractivity contribution in [3.8, 4) is 34.1 Å². The first-order valence-corrected chi connectivity index (χ1v) is 10.7. The van der Waals surface area contributed by atoms with E-state index in [1.165, 1.54) is 48.5 Å². The molecule has 0 amide bonds. The van der Waals surface area contributed by atoms with Crippen LogP contribution >= 0.6 is 0 Å². The number of esters is 2. The van der Waals surface area contributed by atoms with Gasteiger partial charge in [-0.05, 0) is 108 Å². The number of benzene rings is 4. The summed E-state index contributed by atoms with van der Waals surface area (Å²) in [7, 11) is 0. The molecule has 0 unspecified atom stereocenters. The maximum absolute atomic E-state index is 12.4. The number of ether oxygens (including phenoxy) is 2. The molecule has 5 rings (SSSR count). The van der Waals surface area contributed by atoms with Crippen molar-refractivity contribution in [3.05, 3.63) is 107 Å². The summed E-state index contributed by atoms with van der Waals surface area (Å²) < 4.78 is 11.0. The second-order valence-electron chi connectivity index (χ2n) is 8.01. The highest BCUT2D eigenvalue weighted by Gasteiger charge is 2.19. The molecule has 0 aromatic heterocycles. The summed E-state index contributed by atoms with van der Waals surface area (Å²) in [6, 6.07) is 22.9. The van der Waals surface area contributed by atoms with Gasteiger partial charge in [-0.15, -0.1) is 0 Å². The third-order valence-electron chi connectivity index (χ3n) is 5.73. The zero-order valence-electron chi connectivity index (χ0n) is 18.0. The number of fused-ring (bicyclic) bond motifs is 3. The number of phenols is 2. The van der Waals surface area contributed by atoms with Crippen LogP contribution in [0.5, 0.6) is 23.0 Å². The van der Waals surface area contributed by atoms with Gasteiger partial charge in [0.15, 0.2) is 0 Å². The molecular formula is C28H20O6. The van der Waals surface area contributed by atoms with Gasteiger partial charge in [0.1, 0.15) is 23.0 Å². The number of hydrogen-bond acceptors (Lipinski definition) is 6. The average molecular weight is 452 g/mol. The summed E-state index contributed by atoms with van der Waals surface area (Å²) in [6.45, 7) is 0. The van der Waals surface area contributed by atoms with Crippen molar-refractivity contribution in [1.29, 1.82) is 0 Å². The van der Waals surface area contributed by atoms with Gasteiger partial charge in [-0.25, -0.2) is 9.59 Å². The zero-order chi connectivity index (χ0) is 23.7. The molecule has 6 heteroatoms. The van der Waals surface area contributed by atoms with E-state index in [2.05, 4.69) is 0 Å². The van der Waals surface area contributed by atoms with Gasteiger partial charge >= 0.3 is 11.9 Å². The molecule has 4 aromatic rings. The van der Waals surface area contributed by atoms with Crippen LogP contribution in [0.15, 0.2) is 84.9 Å². The van der Waals surface area contributed by atoms with Crippen LogP contribution in [0.1, 0.15) is 31.8 Å². The Morgan fingerprint density at radius 2 is 0.941 bits per heavy atom. The Bertz CT molecular complexity index is 1280. The highest BCUT2D eigenvalue weighted by molar-refractivity contribution is 5.92. The van der Waals surface area contributed by atoms with Gasteiger partial charge in [0.2, 0.25) is 0 Å². The number of phenolic OH excluding ortho intramolecular Hbond substituents is 2. The average Bonchev–Trinajstić information content (AvgIpc) is 2.84. The van der Waals surface area contributed by atoms with Crippen molar-refractivity contribution < 1.29 is 29.3 Å². The third kappa shape index (κ3) is 4.34. The molecule has 1 aliphatic carbocycles. The molecular weight excluding hydrogens is 432 g/mol. The summed E-state index contributed by atoms with van der Waals surface area (Å²) >= 11 is 0. The first-order valence-electron chi connectivity index (χ1n) is 10.7. The second-order valence-corrected chi connectivity index (χ2v) is 8.01. The third-order valence-corrected chi connectivity index (χ3v) is 5.73. The van der Waals surface area contributed by atoms with Crippen molar-refractivity contribution in [3.63, 3.8) is 0 Å².